The van der Waals surface area contributed by atoms with Crippen LogP contribution in [0.5, 0.6) is 11.5 Å². The van der Waals surface area contributed by atoms with Crippen LogP contribution >= 0.6 is 11.6 Å². The summed E-state index contributed by atoms with van der Waals surface area (Å²) in [7, 11) is 0. The normalized spacial score (nSPS) is 21.5. The number of oxazole rings is 1. The number of likely N-dealkylation sites (tertiary alicyclic amines) is 1. The van der Waals surface area contributed by atoms with Gasteiger partial charge in [-0.25, -0.2) is 4.98 Å². The summed E-state index contributed by atoms with van der Waals surface area (Å²) in [6.45, 7) is 11.4. The molecule has 0 saturated carbocycles. The second kappa shape index (κ2) is 8.98. The number of halogens is 1. The van der Waals surface area contributed by atoms with Gasteiger partial charge in [0.15, 0.2) is 11.5 Å². The highest BCUT2D eigenvalue weighted by Gasteiger charge is 2.29. The summed E-state index contributed by atoms with van der Waals surface area (Å²) in [6.07, 6.45) is 2.44. The lowest BCUT2D eigenvalue weighted by atomic mass is 9.89. The third-order valence-electron chi connectivity index (χ3n) is 6.89. The molecule has 0 N–H and O–H groups in total. The smallest absolute Gasteiger partial charge is 0.231 e. The summed E-state index contributed by atoms with van der Waals surface area (Å²) in [5.74, 6) is 3.45. The van der Waals surface area contributed by atoms with Crippen molar-refractivity contribution in [3.63, 3.8) is 0 Å². The molecular formula is C23H30ClN3O4. The molecule has 3 aliphatic heterocycles. The molecular weight excluding hydrogens is 418 g/mol. The maximum Gasteiger partial charge on any atom is 0.231 e. The van der Waals surface area contributed by atoms with Gasteiger partial charge in [-0.1, -0.05) is 11.6 Å². The molecule has 7 nitrogen and oxygen atoms in total. The van der Waals surface area contributed by atoms with Crippen molar-refractivity contribution in [1.29, 1.82) is 0 Å². The number of benzene rings is 1. The first-order valence-corrected chi connectivity index (χ1v) is 11.6. The number of hydrogen-bond donors (Lipinski definition) is 0. The second-order valence-corrected chi connectivity index (χ2v) is 9.12. The average Bonchev–Trinajstić information content (AvgIpc) is 3.39. The second-order valence-electron chi connectivity index (χ2n) is 8.71. The van der Waals surface area contributed by atoms with Crippen molar-refractivity contribution in [3.8, 4) is 23.0 Å². The fourth-order valence-corrected chi connectivity index (χ4v) is 5.09. The zero-order valence-corrected chi connectivity index (χ0v) is 19.0. The Balaban J connectivity index is 1.22. The van der Waals surface area contributed by atoms with Crippen molar-refractivity contribution < 1.29 is 18.6 Å². The van der Waals surface area contributed by atoms with E-state index in [9.17, 15) is 0 Å². The fraction of sp³-hybridized carbons (Fsp3) is 0.609. The van der Waals surface area contributed by atoms with Gasteiger partial charge in [-0.05, 0) is 51.8 Å². The minimum atomic E-state index is 0.213. The molecule has 1 aromatic carbocycles. The Morgan fingerprint density at radius 3 is 2.55 bits per heavy atom. The lowest BCUT2D eigenvalue weighted by molar-refractivity contribution is -0.00199. The summed E-state index contributed by atoms with van der Waals surface area (Å²) in [6, 6.07) is 4.23. The van der Waals surface area contributed by atoms with Crippen LogP contribution in [0, 0.1) is 12.8 Å². The quantitative estimate of drug-likeness (QED) is 0.687. The Bertz CT molecular complexity index is 920. The topological polar surface area (TPSA) is 60.2 Å². The molecule has 4 heterocycles. The van der Waals surface area contributed by atoms with E-state index >= 15 is 0 Å². The Morgan fingerprint density at radius 2 is 1.81 bits per heavy atom. The first kappa shape index (κ1) is 21.1. The van der Waals surface area contributed by atoms with Crippen LogP contribution in [0.15, 0.2) is 16.5 Å². The van der Waals surface area contributed by atoms with Crippen LogP contribution in [0.4, 0.5) is 0 Å². The molecule has 5 rings (SSSR count). The lowest BCUT2D eigenvalue weighted by Crippen LogP contribution is -2.48. The van der Waals surface area contributed by atoms with E-state index in [0.717, 1.165) is 68.9 Å². The number of aryl methyl sites for hydroxylation is 1. The van der Waals surface area contributed by atoms with Gasteiger partial charge in [0.2, 0.25) is 12.7 Å². The van der Waals surface area contributed by atoms with Crippen molar-refractivity contribution >= 4 is 11.6 Å². The van der Waals surface area contributed by atoms with Crippen molar-refractivity contribution in [2.75, 3.05) is 46.2 Å². The third kappa shape index (κ3) is 4.42. The van der Waals surface area contributed by atoms with Crippen LogP contribution in [0.1, 0.15) is 31.2 Å². The van der Waals surface area contributed by atoms with E-state index in [2.05, 4.69) is 16.7 Å². The fourth-order valence-electron chi connectivity index (χ4n) is 4.86. The van der Waals surface area contributed by atoms with E-state index in [0.29, 0.717) is 28.5 Å². The number of morpholine rings is 1. The summed E-state index contributed by atoms with van der Waals surface area (Å²) < 4.78 is 22.4. The Hall–Kier alpha value is -1.80. The summed E-state index contributed by atoms with van der Waals surface area (Å²) in [5, 5.41) is 0.551. The lowest BCUT2D eigenvalue weighted by Gasteiger charge is -2.40. The van der Waals surface area contributed by atoms with Gasteiger partial charge >= 0.3 is 0 Å². The molecule has 2 aromatic rings. The number of ether oxygens (including phenoxy) is 3. The van der Waals surface area contributed by atoms with Gasteiger partial charge in [0.25, 0.3) is 0 Å². The molecule has 0 bridgehead atoms. The zero-order valence-electron chi connectivity index (χ0n) is 18.2. The predicted molar refractivity (Wildman–Crippen MR) is 118 cm³/mol. The van der Waals surface area contributed by atoms with Crippen molar-refractivity contribution in [2.24, 2.45) is 5.92 Å². The maximum atomic E-state index is 6.45. The van der Waals surface area contributed by atoms with Gasteiger partial charge in [-0.15, -0.1) is 0 Å². The van der Waals surface area contributed by atoms with Crippen molar-refractivity contribution in [3.05, 3.63) is 28.6 Å². The van der Waals surface area contributed by atoms with Crippen LogP contribution in [-0.4, -0.2) is 67.0 Å². The SMILES string of the molecule is Cc1oc(-c2cc3c(cc2Cl)OCO3)nc1CN1CCC([C@@H](C)N2CCOCC2)CC1. The summed E-state index contributed by atoms with van der Waals surface area (Å²) in [5.41, 5.74) is 1.71. The molecule has 0 amide bonds. The molecule has 0 aliphatic carbocycles. The van der Waals surface area contributed by atoms with E-state index in [1.54, 1.807) is 6.07 Å². The third-order valence-corrected chi connectivity index (χ3v) is 7.21. The van der Waals surface area contributed by atoms with Crippen LogP contribution < -0.4 is 9.47 Å². The minimum Gasteiger partial charge on any atom is -0.454 e. The zero-order chi connectivity index (χ0) is 21.4. The Morgan fingerprint density at radius 1 is 1.10 bits per heavy atom. The maximum absolute atomic E-state index is 6.45. The largest absolute Gasteiger partial charge is 0.454 e. The van der Waals surface area contributed by atoms with Crippen LogP contribution in [0.3, 0.4) is 0 Å². The highest BCUT2D eigenvalue weighted by molar-refractivity contribution is 6.33. The molecule has 0 spiro atoms. The predicted octanol–water partition coefficient (Wildman–Crippen LogP) is 3.96. The van der Waals surface area contributed by atoms with Gasteiger partial charge in [-0.2, -0.15) is 0 Å². The number of nitrogens with zero attached hydrogens (tertiary/aromatic N) is 3. The number of hydrogen-bond acceptors (Lipinski definition) is 7. The standard InChI is InChI=1S/C23H30ClN3O4/c1-15(27-7-9-28-10-8-27)17-3-5-26(6-4-17)13-20-16(2)31-23(25-20)18-11-21-22(12-19(18)24)30-14-29-21/h11-12,15,17H,3-10,13-14H2,1-2H3/t15-/m1/s1. The van der Waals surface area contributed by atoms with Crippen LogP contribution in [0.25, 0.3) is 11.5 Å². The molecule has 0 unspecified atom stereocenters. The van der Waals surface area contributed by atoms with E-state index in [1.807, 2.05) is 13.0 Å². The highest BCUT2D eigenvalue weighted by Crippen LogP contribution is 2.41. The van der Waals surface area contributed by atoms with E-state index in [-0.39, 0.29) is 6.79 Å². The summed E-state index contributed by atoms with van der Waals surface area (Å²) in [4.78, 5) is 9.85. The highest BCUT2D eigenvalue weighted by atomic mass is 35.5. The van der Waals surface area contributed by atoms with Gasteiger partial charge in [0.1, 0.15) is 5.76 Å². The molecule has 0 radical (unpaired) electrons. The van der Waals surface area contributed by atoms with E-state index < -0.39 is 0 Å². The first-order valence-electron chi connectivity index (χ1n) is 11.2. The molecule has 2 fully saturated rings. The van der Waals surface area contributed by atoms with Crippen molar-refractivity contribution in [2.45, 2.75) is 39.3 Å². The van der Waals surface area contributed by atoms with E-state index in [4.69, 9.17) is 35.2 Å². The molecule has 2 saturated heterocycles. The molecule has 168 valence electrons. The Labute approximate surface area is 188 Å². The van der Waals surface area contributed by atoms with Gasteiger partial charge in [-0.3, -0.25) is 9.80 Å². The molecule has 1 atom stereocenters. The molecule has 3 aliphatic rings. The summed E-state index contributed by atoms with van der Waals surface area (Å²) >= 11 is 6.45. The molecule has 31 heavy (non-hydrogen) atoms. The van der Waals surface area contributed by atoms with Gasteiger partial charge in [0, 0.05) is 31.7 Å². The number of rotatable bonds is 5. The van der Waals surface area contributed by atoms with Crippen molar-refractivity contribution in [1.82, 2.24) is 14.8 Å². The monoisotopic (exact) mass is 447 g/mol. The van der Waals surface area contributed by atoms with Crippen LogP contribution in [-0.2, 0) is 11.3 Å². The molecule has 8 heteroatoms. The number of aromatic nitrogens is 1. The number of fused-ring (bicyclic) bond motifs is 1. The molecule has 1 aromatic heterocycles. The first-order chi connectivity index (χ1) is 15.1. The van der Waals surface area contributed by atoms with Gasteiger partial charge < -0.3 is 18.6 Å². The van der Waals surface area contributed by atoms with E-state index in [1.165, 1.54) is 12.8 Å². The van der Waals surface area contributed by atoms with Gasteiger partial charge in [0.05, 0.1) is 29.5 Å². The average molecular weight is 448 g/mol. The minimum absolute atomic E-state index is 0.213. The Kier molecular flexibility index (Phi) is 6.10. The van der Waals surface area contributed by atoms with Crippen LogP contribution in [0.2, 0.25) is 5.02 Å². The number of piperidine rings is 1.